The van der Waals surface area contributed by atoms with E-state index >= 15 is 0 Å². The molecular weight excluding hydrogens is 238 g/mol. The van der Waals surface area contributed by atoms with Crippen LogP contribution in [0.3, 0.4) is 0 Å². The maximum Gasteiger partial charge on any atom is 0.270 e. The van der Waals surface area contributed by atoms with Crippen LogP contribution in [-0.2, 0) is 0 Å². The van der Waals surface area contributed by atoms with Crippen molar-refractivity contribution in [2.45, 2.75) is 31.9 Å². The number of fused-ring (bicyclic) bond motifs is 1. The van der Waals surface area contributed by atoms with Crippen LogP contribution in [0.15, 0.2) is 16.9 Å². The van der Waals surface area contributed by atoms with Crippen LogP contribution in [0.5, 0.6) is 0 Å². The third-order valence-corrected chi connectivity index (χ3v) is 3.49. The number of aryl methyl sites for hydroxylation is 1. The minimum atomic E-state index is -0.846. The Morgan fingerprint density at radius 3 is 2.78 bits per heavy atom. The molecule has 0 saturated heterocycles. The molecule has 18 heavy (non-hydrogen) atoms. The summed E-state index contributed by atoms with van der Waals surface area (Å²) in [6.45, 7) is 1.63. The molecule has 3 nitrogen and oxygen atoms in total. The first-order valence-corrected chi connectivity index (χ1v) is 5.89. The van der Waals surface area contributed by atoms with Crippen molar-refractivity contribution in [2.75, 3.05) is 0 Å². The van der Waals surface area contributed by atoms with E-state index in [0.717, 1.165) is 0 Å². The van der Waals surface area contributed by atoms with Crippen LogP contribution in [-0.4, -0.2) is 16.1 Å². The van der Waals surface area contributed by atoms with Gasteiger partial charge in [0.15, 0.2) is 5.82 Å². The molecule has 2 aromatic rings. The highest BCUT2D eigenvalue weighted by molar-refractivity contribution is 5.75. The summed E-state index contributed by atoms with van der Waals surface area (Å²) in [5.74, 6) is -0.599. The first-order valence-electron chi connectivity index (χ1n) is 5.89. The number of hydrogen-bond acceptors (Lipinski definition) is 2. The van der Waals surface area contributed by atoms with Crippen LogP contribution in [0.25, 0.3) is 11.0 Å². The van der Waals surface area contributed by atoms with Crippen LogP contribution in [0.2, 0.25) is 0 Å². The Labute approximate surface area is 102 Å². The van der Waals surface area contributed by atoms with E-state index in [4.69, 9.17) is 0 Å². The summed E-state index contributed by atoms with van der Waals surface area (Å²) in [7, 11) is 0. The molecule has 1 heterocycles. The molecular formula is C13H12F2N2O. The molecule has 1 aliphatic carbocycles. The van der Waals surface area contributed by atoms with E-state index in [1.165, 1.54) is 0 Å². The largest absolute Gasteiger partial charge is 0.317 e. The third kappa shape index (κ3) is 1.62. The molecule has 0 radical (unpaired) electrons. The number of nitrogens with zero attached hydrogens (tertiary/aromatic N) is 1. The zero-order chi connectivity index (χ0) is 12.9. The van der Waals surface area contributed by atoms with Gasteiger partial charge in [0, 0.05) is 5.92 Å². The van der Waals surface area contributed by atoms with E-state index in [9.17, 15) is 13.6 Å². The molecule has 1 aromatic heterocycles. The van der Waals surface area contributed by atoms with E-state index in [0.29, 0.717) is 29.6 Å². The summed E-state index contributed by atoms with van der Waals surface area (Å²) in [4.78, 5) is 18.5. The number of hydrogen-bond donors (Lipinski definition) is 1. The molecule has 1 saturated carbocycles. The smallest absolute Gasteiger partial charge is 0.270 e. The van der Waals surface area contributed by atoms with Gasteiger partial charge in [-0.05, 0) is 31.4 Å². The molecule has 0 unspecified atom stereocenters. The van der Waals surface area contributed by atoms with Gasteiger partial charge in [0.05, 0.1) is 5.52 Å². The normalized spacial score (nSPS) is 23.1. The highest BCUT2D eigenvalue weighted by atomic mass is 19.1. The lowest BCUT2D eigenvalue weighted by molar-refractivity contribution is 0.176. The number of aromatic amines is 1. The van der Waals surface area contributed by atoms with Gasteiger partial charge in [0.1, 0.15) is 17.4 Å². The van der Waals surface area contributed by atoms with Gasteiger partial charge in [-0.25, -0.2) is 13.8 Å². The van der Waals surface area contributed by atoms with E-state index in [1.807, 2.05) is 0 Å². The monoisotopic (exact) mass is 250 g/mol. The number of rotatable bonds is 1. The van der Waals surface area contributed by atoms with Crippen LogP contribution in [0, 0.1) is 12.7 Å². The van der Waals surface area contributed by atoms with Crippen molar-refractivity contribution in [2.24, 2.45) is 0 Å². The second-order valence-corrected chi connectivity index (χ2v) is 4.81. The van der Waals surface area contributed by atoms with Gasteiger partial charge in [0.25, 0.3) is 5.56 Å². The number of nitrogens with one attached hydrogen (secondary N) is 1. The standard InChI is InChI=1S/C13H12F2N2O/c1-6-2-3-9-12(10(6)15)17-13(18)11(16-9)7-4-8(14)5-7/h2-3,7-8H,4-5H2,1H3,(H,17,18). The Morgan fingerprint density at radius 1 is 1.39 bits per heavy atom. The van der Waals surface area contributed by atoms with Crippen molar-refractivity contribution >= 4 is 11.0 Å². The second kappa shape index (κ2) is 3.86. The topological polar surface area (TPSA) is 45.8 Å². The number of benzene rings is 1. The van der Waals surface area contributed by atoms with Gasteiger partial charge in [-0.15, -0.1) is 0 Å². The Kier molecular flexibility index (Phi) is 2.43. The number of halogens is 2. The number of alkyl halides is 1. The van der Waals surface area contributed by atoms with E-state index in [1.54, 1.807) is 19.1 Å². The fourth-order valence-electron chi connectivity index (χ4n) is 2.29. The molecule has 0 amide bonds. The molecule has 5 heteroatoms. The zero-order valence-corrected chi connectivity index (χ0v) is 9.84. The minimum absolute atomic E-state index is 0.125. The van der Waals surface area contributed by atoms with E-state index in [2.05, 4.69) is 9.97 Å². The number of aromatic nitrogens is 2. The summed E-state index contributed by atoms with van der Waals surface area (Å²) >= 11 is 0. The molecule has 0 atom stereocenters. The van der Waals surface area contributed by atoms with Crippen LogP contribution >= 0.6 is 0 Å². The molecule has 1 fully saturated rings. The van der Waals surface area contributed by atoms with Gasteiger partial charge in [-0.2, -0.15) is 0 Å². The molecule has 94 valence electrons. The molecule has 0 aliphatic heterocycles. The van der Waals surface area contributed by atoms with Crippen molar-refractivity contribution in [1.82, 2.24) is 9.97 Å². The first-order chi connectivity index (χ1) is 8.56. The predicted octanol–water partition coefficient (Wildman–Crippen LogP) is 2.59. The molecule has 0 spiro atoms. The molecule has 1 N–H and O–H groups in total. The zero-order valence-electron chi connectivity index (χ0n) is 9.84. The van der Waals surface area contributed by atoms with E-state index in [-0.39, 0.29) is 11.4 Å². The summed E-state index contributed by atoms with van der Waals surface area (Å²) in [6, 6.07) is 3.28. The lowest BCUT2D eigenvalue weighted by Crippen LogP contribution is -2.29. The fraction of sp³-hybridized carbons (Fsp3) is 0.385. The van der Waals surface area contributed by atoms with Gasteiger partial charge < -0.3 is 4.98 Å². The van der Waals surface area contributed by atoms with E-state index < -0.39 is 17.5 Å². The first kappa shape index (κ1) is 11.3. The summed E-state index contributed by atoms with van der Waals surface area (Å²) < 4.78 is 26.6. The predicted molar refractivity (Wildman–Crippen MR) is 63.9 cm³/mol. The SMILES string of the molecule is Cc1ccc2nc(C3CC(F)C3)c(=O)[nH]c2c1F. The average Bonchev–Trinajstić information content (AvgIpc) is 2.31. The van der Waals surface area contributed by atoms with Crippen molar-refractivity contribution in [3.63, 3.8) is 0 Å². The molecule has 3 rings (SSSR count). The maximum atomic E-state index is 13.8. The minimum Gasteiger partial charge on any atom is -0.317 e. The van der Waals surface area contributed by atoms with Crippen molar-refractivity contribution in [1.29, 1.82) is 0 Å². The van der Waals surface area contributed by atoms with Crippen LogP contribution in [0.1, 0.15) is 30.0 Å². The quantitative estimate of drug-likeness (QED) is 0.845. The van der Waals surface area contributed by atoms with Gasteiger partial charge in [-0.3, -0.25) is 4.79 Å². The van der Waals surface area contributed by atoms with Gasteiger partial charge in [0.2, 0.25) is 0 Å². The van der Waals surface area contributed by atoms with Gasteiger partial charge >= 0.3 is 0 Å². The van der Waals surface area contributed by atoms with Crippen LogP contribution < -0.4 is 5.56 Å². The van der Waals surface area contributed by atoms with Crippen molar-refractivity contribution in [3.05, 3.63) is 39.6 Å². The third-order valence-electron chi connectivity index (χ3n) is 3.49. The Hall–Kier alpha value is -1.78. The molecule has 0 bridgehead atoms. The molecule has 1 aromatic carbocycles. The fourth-order valence-corrected chi connectivity index (χ4v) is 2.29. The summed E-state index contributed by atoms with van der Waals surface area (Å²) in [5.41, 5.74) is 0.901. The lowest BCUT2D eigenvalue weighted by atomic mass is 9.81. The highest BCUT2D eigenvalue weighted by Gasteiger charge is 2.33. The lowest BCUT2D eigenvalue weighted by Gasteiger charge is -2.28. The maximum absolute atomic E-state index is 13.8. The second-order valence-electron chi connectivity index (χ2n) is 4.81. The van der Waals surface area contributed by atoms with Crippen molar-refractivity contribution in [3.8, 4) is 0 Å². The van der Waals surface area contributed by atoms with Crippen molar-refractivity contribution < 1.29 is 8.78 Å². The van der Waals surface area contributed by atoms with Crippen LogP contribution in [0.4, 0.5) is 8.78 Å². The Balaban J connectivity index is 2.17. The Morgan fingerprint density at radius 2 is 2.11 bits per heavy atom. The molecule has 1 aliphatic rings. The average molecular weight is 250 g/mol. The summed E-state index contributed by atoms with van der Waals surface area (Å²) in [5, 5.41) is 0. The summed E-state index contributed by atoms with van der Waals surface area (Å²) in [6.07, 6.45) is -0.187. The van der Waals surface area contributed by atoms with Gasteiger partial charge in [-0.1, -0.05) is 6.07 Å². The highest BCUT2D eigenvalue weighted by Crippen LogP contribution is 2.36. The number of H-pyrrole nitrogens is 1. The Bertz CT molecular complexity index is 674.